The average Bonchev–Trinajstić information content (AvgIpc) is 3.96. The van der Waals surface area contributed by atoms with Crippen molar-refractivity contribution in [3.8, 4) is 33.4 Å². The molecular formula is C68H45NO. The van der Waals surface area contributed by atoms with Crippen molar-refractivity contribution in [2.75, 3.05) is 4.90 Å². The van der Waals surface area contributed by atoms with Gasteiger partial charge in [-0.05, 0) is 115 Å². The summed E-state index contributed by atoms with van der Waals surface area (Å²) >= 11 is 0. The number of para-hydroxylation sites is 2. The summed E-state index contributed by atoms with van der Waals surface area (Å²) in [4.78, 5) is 2.43. The van der Waals surface area contributed by atoms with Gasteiger partial charge >= 0.3 is 0 Å². The van der Waals surface area contributed by atoms with Crippen LogP contribution < -0.4 is 4.90 Å². The Bertz CT molecular complexity index is 3840. The Hall–Kier alpha value is -8.98. The molecule has 12 aromatic rings. The minimum Gasteiger partial charge on any atom is -0.455 e. The molecule has 1 aromatic heterocycles. The topological polar surface area (TPSA) is 16.4 Å². The fraction of sp³-hybridized carbons (Fsp3) is 0.0294. The van der Waals surface area contributed by atoms with Gasteiger partial charge in [0.2, 0.25) is 0 Å². The van der Waals surface area contributed by atoms with Crippen LogP contribution in [-0.4, -0.2) is 0 Å². The molecule has 70 heavy (non-hydrogen) atoms. The van der Waals surface area contributed by atoms with Gasteiger partial charge in [-0.2, -0.15) is 0 Å². The van der Waals surface area contributed by atoms with Crippen molar-refractivity contribution in [1.29, 1.82) is 0 Å². The van der Waals surface area contributed by atoms with E-state index in [4.69, 9.17) is 4.42 Å². The van der Waals surface area contributed by atoms with Crippen molar-refractivity contribution < 1.29 is 4.42 Å². The zero-order valence-electron chi connectivity index (χ0n) is 38.3. The zero-order valence-corrected chi connectivity index (χ0v) is 38.3. The van der Waals surface area contributed by atoms with E-state index in [0.29, 0.717) is 0 Å². The number of rotatable bonds is 7. The number of nitrogens with zero attached hydrogens (tertiary/aromatic N) is 1. The van der Waals surface area contributed by atoms with Gasteiger partial charge in [0.05, 0.1) is 10.8 Å². The van der Waals surface area contributed by atoms with Crippen LogP contribution in [0.1, 0.15) is 44.5 Å². The Labute approximate surface area is 408 Å². The SMILES string of the molecule is c1ccc(-c2ccc(N(c3ccc(-c4cccc5c4oc4ccccc45)cc3)c3ccc4c(c3)C3(c5ccccc5-4)c4ccccc4C(c4ccccc4)(c4ccccc4)c4ccccc43)cc2)cc1. The third kappa shape index (κ3) is 5.74. The second-order valence-corrected chi connectivity index (χ2v) is 18.7. The Morgan fingerprint density at radius 3 is 1.34 bits per heavy atom. The van der Waals surface area contributed by atoms with E-state index >= 15 is 0 Å². The van der Waals surface area contributed by atoms with Gasteiger partial charge in [0.25, 0.3) is 0 Å². The molecule has 0 saturated heterocycles. The predicted octanol–water partition coefficient (Wildman–Crippen LogP) is 17.4. The minimum atomic E-state index is -0.625. The first-order chi connectivity index (χ1) is 34.7. The van der Waals surface area contributed by atoms with Crippen LogP contribution in [0, 0.1) is 0 Å². The number of benzene rings is 11. The van der Waals surface area contributed by atoms with E-state index < -0.39 is 10.8 Å². The van der Waals surface area contributed by atoms with Crippen molar-refractivity contribution in [2.45, 2.75) is 10.8 Å². The summed E-state index contributed by atoms with van der Waals surface area (Å²) in [6, 6.07) is 101. The summed E-state index contributed by atoms with van der Waals surface area (Å²) < 4.78 is 6.53. The van der Waals surface area contributed by atoms with Crippen LogP contribution in [0.25, 0.3) is 55.3 Å². The largest absolute Gasteiger partial charge is 0.455 e. The van der Waals surface area contributed by atoms with Crippen molar-refractivity contribution in [1.82, 2.24) is 0 Å². The summed E-state index contributed by atoms with van der Waals surface area (Å²) in [6.45, 7) is 0. The number of hydrogen-bond acceptors (Lipinski definition) is 2. The van der Waals surface area contributed by atoms with Gasteiger partial charge in [-0.15, -0.1) is 0 Å². The lowest BCUT2D eigenvalue weighted by Gasteiger charge is -2.50. The molecular weight excluding hydrogens is 847 g/mol. The molecule has 11 aromatic carbocycles. The van der Waals surface area contributed by atoms with Gasteiger partial charge in [-0.3, -0.25) is 0 Å². The molecule has 2 aliphatic carbocycles. The molecule has 0 aliphatic heterocycles. The van der Waals surface area contributed by atoms with Crippen LogP contribution in [0.5, 0.6) is 0 Å². The molecule has 2 nitrogen and oxygen atoms in total. The highest BCUT2D eigenvalue weighted by Gasteiger charge is 2.56. The molecule has 0 N–H and O–H groups in total. The minimum absolute atomic E-state index is 0.572. The van der Waals surface area contributed by atoms with E-state index in [1.165, 1.54) is 66.8 Å². The number of furan rings is 1. The molecule has 328 valence electrons. The molecule has 1 spiro atoms. The van der Waals surface area contributed by atoms with Gasteiger partial charge in [0.15, 0.2) is 0 Å². The van der Waals surface area contributed by atoms with Crippen molar-refractivity contribution in [3.63, 3.8) is 0 Å². The lowest BCUT2D eigenvalue weighted by atomic mass is 9.51. The van der Waals surface area contributed by atoms with Gasteiger partial charge in [0, 0.05) is 33.4 Å². The smallest absolute Gasteiger partial charge is 0.143 e. The molecule has 0 amide bonds. The fourth-order valence-corrected chi connectivity index (χ4v) is 12.4. The van der Waals surface area contributed by atoms with Gasteiger partial charge < -0.3 is 9.32 Å². The quantitative estimate of drug-likeness (QED) is 0.159. The number of hydrogen-bond donors (Lipinski definition) is 0. The fourth-order valence-electron chi connectivity index (χ4n) is 12.4. The summed E-state index contributed by atoms with van der Waals surface area (Å²) in [7, 11) is 0. The number of anilines is 3. The second-order valence-electron chi connectivity index (χ2n) is 18.7. The summed E-state index contributed by atoms with van der Waals surface area (Å²) in [5, 5.41) is 2.26. The molecule has 0 fully saturated rings. The van der Waals surface area contributed by atoms with Crippen LogP contribution >= 0.6 is 0 Å². The monoisotopic (exact) mass is 891 g/mol. The predicted molar refractivity (Wildman–Crippen MR) is 288 cm³/mol. The molecule has 0 bridgehead atoms. The molecule has 0 radical (unpaired) electrons. The Kier molecular flexibility index (Phi) is 9.06. The number of fused-ring (bicyclic) bond motifs is 12. The van der Waals surface area contributed by atoms with Crippen LogP contribution in [0.3, 0.4) is 0 Å². The van der Waals surface area contributed by atoms with Gasteiger partial charge in [-0.1, -0.05) is 231 Å². The summed E-state index contributed by atoms with van der Waals surface area (Å²) in [5.74, 6) is 0. The molecule has 2 heteroatoms. The molecule has 2 aliphatic rings. The third-order valence-electron chi connectivity index (χ3n) is 15.2. The lowest BCUT2D eigenvalue weighted by molar-refractivity contribution is 0.623. The van der Waals surface area contributed by atoms with E-state index in [-0.39, 0.29) is 0 Å². The molecule has 0 unspecified atom stereocenters. The summed E-state index contributed by atoms with van der Waals surface area (Å²) in [5.41, 5.74) is 21.2. The van der Waals surface area contributed by atoms with Crippen LogP contribution in [0.2, 0.25) is 0 Å². The molecule has 14 rings (SSSR count). The van der Waals surface area contributed by atoms with Crippen molar-refractivity contribution >= 4 is 39.0 Å². The first kappa shape index (κ1) is 40.1. The van der Waals surface area contributed by atoms with Crippen LogP contribution in [0.15, 0.2) is 277 Å². The Morgan fingerprint density at radius 2 is 0.714 bits per heavy atom. The summed E-state index contributed by atoms with van der Waals surface area (Å²) in [6.07, 6.45) is 0. The van der Waals surface area contributed by atoms with E-state index in [2.05, 4.69) is 272 Å². The molecule has 0 saturated carbocycles. The highest BCUT2D eigenvalue weighted by atomic mass is 16.3. The molecule has 0 atom stereocenters. The van der Waals surface area contributed by atoms with Crippen LogP contribution in [0.4, 0.5) is 17.1 Å². The Morgan fingerprint density at radius 1 is 0.271 bits per heavy atom. The third-order valence-corrected chi connectivity index (χ3v) is 15.2. The highest BCUT2D eigenvalue weighted by molar-refractivity contribution is 6.09. The van der Waals surface area contributed by atoms with E-state index in [1.807, 2.05) is 6.07 Å². The second kappa shape index (κ2) is 15.8. The van der Waals surface area contributed by atoms with Crippen molar-refractivity contribution in [3.05, 3.63) is 317 Å². The van der Waals surface area contributed by atoms with E-state index in [9.17, 15) is 0 Å². The first-order valence-electron chi connectivity index (χ1n) is 24.2. The zero-order chi connectivity index (χ0) is 46.2. The Balaban J connectivity index is 0.999. The van der Waals surface area contributed by atoms with E-state index in [1.54, 1.807) is 0 Å². The maximum absolute atomic E-state index is 6.53. The lowest BCUT2D eigenvalue weighted by Crippen LogP contribution is -2.44. The maximum Gasteiger partial charge on any atom is 0.143 e. The van der Waals surface area contributed by atoms with Gasteiger partial charge in [0.1, 0.15) is 11.2 Å². The normalized spacial score (nSPS) is 13.7. The highest BCUT2D eigenvalue weighted by Crippen LogP contribution is 2.65. The first-order valence-corrected chi connectivity index (χ1v) is 24.2. The van der Waals surface area contributed by atoms with E-state index in [0.717, 1.165) is 50.1 Å². The average molecular weight is 892 g/mol. The standard InChI is InChI=1S/C68H45NO/c1-4-19-46(20-5-1)47-35-39-51(40-36-47)69(52-41-37-48(38-42-52)54-27-18-28-58-57-26-11-17-34-65(57)70-66(54)58)53-43-44-56-55-25-10-12-29-59(55)68(64(56)45-53)62-32-15-13-30-60(62)67(49-21-6-2-7-22-49,50-23-8-3-9-24-50)61-31-14-16-33-63(61)68/h1-45H. The van der Waals surface area contributed by atoms with Crippen LogP contribution in [-0.2, 0) is 10.8 Å². The van der Waals surface area contributed by atoms with Gasteiger partial charge in [-0.25, -0.2) is 0 Å². The molecule has 1 heterocycles. The maximum atomic E-state index is 6.53. The van der Waals surface area contributed by atoms with Crippen molar-refractivity contribution in [2.24, 2.45) is 0 Å².